The number of hydrogen-bond acceptors (Lipinski definition) is 9. The predicted molar refractivity (Wildman–Crippen MR) is 106 cm³/mol. The molecule has 1 aromatic heterocycles. The van der Waals surface area contributed by atoms with E-state index < -0.39 is 0 Å². The van der Waals surface area contributed by atoms with Crippen molar-refractivity contribution in [2.24, 2.45) is 0 Å². The van der Waals surface area contributed by atoms with Gasteiger partial charge >= 0.3 is 0 Å². The van der Waals surface area contributed by atoms with Gasteiger partial charge in [-0.2, -0.15) is 0 Å². The van der Waals surface area contributed by atoms with Gasteiger partial charge in [-0.25, -0.2) is 0 Å². The fourth-order valence-corrected chi connectivity index (χ4v) is 3.89. The molecule has 3 aromatic rings. The zero-order valence-corrected chi connectivity index (χ0v) is 16.0. The van der Waals surface area contributed by atoms with Crippen LogP contribution in [0.4, 0.5) is 10.8 Å². The van der Waals surface area contributed by atoms with Crippen LogP contribution in [0, 0.1) is 0 Å². The zero-order chi connectivity index (χ0) is 19.2. The molecule has 0 atom stereocenters. The van der Waals surface area contributed by atoms with Crippen molar-refractivity contribution in [3.05, 3.63) is 48.0 Å². The van der Waals surface area contributed by atoms with E-state index in [9.17, 15) is 15.0 Å². The molecular formula is C18H17N3O4S2. The van der Waals surface area contributed by atoms with E-state index in [2.05, 4.69) is 15.5 Å². The van der Waals surface area contributed by atoms with E-state index in [1.54, 1.807) is 0 Å². The number of hydrogen-bond donors (Lipinski definition) is 3. The number of ketones is 1. The third-order valence-corrected chi connectivity index (χ3v) is 5.42. The Morgan fingerprint density at radius 3 is 2.81 bits per heavy atom. The normalized spacial score (nSPS) is 10.6. The molecule has 0 aliphatic heterocycles. The number of aromatic hydroxyl groups is 2. The van der Waals surface area contributed by atoms with Crippen molar-refractivity contribution in [1.82, 2.24) is 10.2 Å². The monoisotopic (exact) mass is 403 g/mol. The first-order chi connectivity index (χ1) is 13.1. The largest absolute Gasteiger partial charge is 0.508 e. The van der Waals surface area contributed by atoms with Gasteiger partial charge in [0.2, 0.25) is 5.13 Å². The molecule has 0 aliphatic rings. The lowest BCUT2D eigenvalue weighted by Gasteiger charge is -2.09. The smallest absolute Gasteiger partial charge is 0.210 e. The SMILES string of the molecule is CCOc1ccccc1Nc1nnc(SCC(=O)c2ccc(O)cc2O)s1. The summed E-state index contributed by atoms with van der Waals surface area (Å²) in [6.07, 6.45) is 0. The van der Waals surface area contributed by atoms with Crippen molar-refractivity contribution in [2.75, 3.05) is 17.7 Å². The van der Waals surface area contributed by atoms with Gasteiger partial charge in [0.1, 0.15) is 17.2 Å². The number of thioether (sulfide) groups is 1. The molecule has 9 heteroatoms. The van der Waals surface area contributed by atoms with Crippen molar-refractivity contribution in [3.8, 4) is 17.2 Å². The van der Waals surface area contributed by atoms with Gasteiger partial charge in [0.25, 0.3) is 0 Å². The number of Topliss-reactive ketones (excluding diaryl/α,β-unsaturated/α-hetero) is 1. The van der Waals surface area contributed by atoms with Crippen LogP contribution < -0.4 is 10.1 Å². The second kappa shape index (κ2) is 8.74. The van der Waals surface area contributed by atoms with E-state index in [1.807, 2.05) is 31.2 Å². The Morgan fingerprint density at radius 2 is 2.04 bits per heavy atom. The summed E-state index contributed by atoms with van der Waals surface area (Å²) in [4.78, 5) is 12.2. The molecule has 0 saturated carbocycles. The molecule has 2 aromatic carbocycles. The quantitative estimate of drug-likeness (QED) is 0.382. The highest BCUT2D eigenvalue weighted by Gasteiger charge is 2.14. The summed E-state index contributed by atoms with van der Waals surface area (Å²) >= 11 is 2.55. The van der Waals surface area contributed by atoms with Gasteiger partial charge in [-0.3, -0.25) is 4.79 Å². The maximum Gasteiger partial charge on any atom is 0.210 e. The number of phenols is 2. The molecule has 7 nitrogen and oxygen atoms in total. The molecule has 0 aliphatic carbocycles. The number of nitrogens with zero attached hydrogens (tertiary/aromatic N) is 2. The summed E-state index contributed by atoms with van der Waals surface area (Å²) in [5, 5.41) is 31.0. The number of nitrogens with one attached hydrogen (secondary N) is 1. The van der Waals surface area contributed by atoms with E-state index in [-0.39, 0.29) is 28.6 Å². The predicted octanol–water partition coefficient (Wildman–Crippen LogP) is 4.07. The highest BCUT2D eigenvalue weighted by Crippen LogP contribution is 2.32. The number of aromatic nitrogens is 2. The summed E-state index contributed by atoms with van der Waals surface area (Å²) < 4.78 is 6.19. The first kappa shape index (κ1) is 19.0. The average Bonchev–Trinajstić information content (AvgIpc) is 3.09. The van der Waals surface area contributed by atoms with Gasteiger partial charge in [0.05, 0.1) is 23.6 Å². The van der Waals surface area contributed by atoms with Gasteiger partial charge in [-0.15, -0.1) is 10.2 Å². The molecule has 140 valence electrons. The van der Waals surface area contributed by atoms with Crippen LogP contribution in [0.25, 0.3) is 0 Å². The highest BCUT2D eigenvalue weighted by molar-refractivity contribution is 8.01. The lowest BCUT2D eigenvalue weighted by atomic mass is 10.1. The molecule has 0 unspecified atom stereocenters. The number of ether oxygens (including phenoxy) is 1. The van der Waals surface area contributed by atoms with E-state index in [1.165, 1.54) is 35.2 Å². The molecule has 0 amide bonds. The molecule has 3 N–H and O–H groups in total. The molecule has 3 rings (SSSR count). The lowest BCUT2D eigenvalue weighted by molar-refractivity contribution is 0.102. The second-order valence-electron chi connectivity index (χ2n) is 5.34. The Bertz CT molecular complexity index is 946. The van der Waals surface area contributed by atoms with Gasteiger partial charge < -0.3 is 20.3 Å². The van der Waals surface area contributed by atoms with Crippen LogP contribution in [0.1, 0.15) is 17.3 Å². The Morgan fingerprint density at radius 1 is 1.22 bits per heavy atom. The van der Waals surface area contributed by atoms with Crippen molar-refractivity contribution in [1.29, 1.82) is 0 Å². The fourth-order valence-electron chi connectivity index (χ4n) is 2.25. The van der Waals surface area contributed by atoms with E-state index >= 15 is 0 Å². The van der Waals surface area contributed by atoms with Crippen molar-refractivity contribution < 1.29 is 19.7 Å². The Labute approximate surface area is 164 Å². The van der Waals surface area contributed by atoms with Crippen molar-refractivity contribution >= 4 is 39.7 Å². The van der Waals surface area contributed by atoms with E-state index in [4.69, 9.17) is 4.74 Å². The molecular weight excluding hydrogens is 386 g/mol. The topological polar surface area (TPSA) is 105 Å². The molecule has 0 spiro atoms. The second-order valence-corrected chi connectivity index (χ2v) is 7.54. The summed E-state index contributed by atoms with van der Waals surface area (Å²) in [7, 11) is 0. The van der Waals surface area contributed by atoms with Crippen LogP contribution in [-0.2, 0) is 0 Å². The Hall–Kier alpha value is -2.78. The summed E-state index contributed by atoms with van der Waals surface area (Å²) in [5.74, 6) is 0.227. The van der Waals surface area contributed by atoms with Crippen LogP contribution in [0.5, 0.6) is 17.2 Å². The van der Waals surface area contributed by atoms with Gasteiger partial charge in [0.15, 0.2) is 10.1 Å². The van der Waals surface area contributed by atoms with Crippen molar-refractivity contribution in [3.63, 3.8) is 0 Å². The molecule has 0 fully saturated rings. The van der Waals surface area contributed by atoms with Crippen molar-refractivity contribution in [2.45, 2.75) is 11.3 Å². The van der Waals surface area contributed by atoms with E-state index in [0.29, 0.717) is 16.1 Å². The summed E-state index contributed by atoms with van der Waals surface area (Å²) in [6.45, 7) is 2.47. The number of benzene rings is 2. The molecule has 1 heterocycles. The summed E-state index contributed by atoms with van der Waals surface area (Å²) in [6, 6.07) is 11.4. The van der Waals surface area contributed by atoms with E-state index in [0.717, 1.165) is 17.5 Å². The van der Waals surface area contributed by atoms with Gasteiger partial charge in [-0.1, -0.05) is 35.2 Å². The lowest BCUT2D eigenvalue weighted by Crippen LogP contribution is -2.02. The van der Waals surface area contributed by atoms with Gasteiger partial charge in [0, 0.05) is 6.07 Å². The number of carbonyl (C=O) groups excluding carboxylic acids is 1. The highest BCUT2D eigenvalue weighted by atomic mass is 32.2. The van der Waals surface area contributed by atoms with Gasteiger partial charge in [-0.05, 0) is 31.2 Å². The fraction of sp³-hybridized carbons (Fsp3) is 0.167. The molecule has 27 heavy (non-hydrogen) atoms. The van der Waals surface area contributed by atoms with Crippen LogP contribution in [0.15, 0.2) is 46.8 Å². The minimum absolute atomic E-state index is 0.0936. The molecule has 0 radical (unpaired) electrons. The molecule has 0 bridgehead atoms. The van der Waals surface area contributed by atoms with Crippen LogP contribution >= 0.6 is 23.1 Å². The maximum atomic E-state index is 12.2. The number of para-hydroxylation sites is 2. The third kappa shape index (κ3) is 4.89. The third-order valence-electron chi connectivity index (χ3n) is 3.44. The van der Waals surface area contributed by atoms with Crippen LogP contribution in [-0.4, -0.2) is 38.6 Å². The first-order valence-corrected chi connectivity index (χ1v) is 9.87. The Kier molecular flexibility index (Phi) is 6.15. The number of carbonyl (C=O) groups is 1. The summed E-state index contributed by atoms with van der Waals surface area (Å²) in [5.41, 5.74) is 0.950. The zero-order valence-electron chi connectivity index (χ0n) is 14.4. The molecule has 0 saturated heterocycles. The van der Waals surface area contributed by atoms with Crippen LogP contribution in [0.2, 0.25) is 0 Å². The Balaban J connectivity index is 1.62. The number of phenolic OH excluding ortho intramolecular Hbond substituents is 2. The number of rotatable bonds is 8. The average molecular weight is 403 g/mol. The van der Waals surface area contributed by atoms with Crippen LogP contribution in [0.3, 0.4) is 0 Å². The first-order valence-electron chi connectivity index (χ1n) is 8.07. The number of anilines is 2. The maximum absolute atomic E-state index is 12.2. The minimum Gasteiger partial charge on any atom is -0.508 e. The standard InChI is InChI=1S/C18H17N3O4S2/c1-2-25-16-6-4-3-5-13(16)19-17-20-21-18(27-17)26-10-15(24)12-8-7-11(22)9-14(12)23/h3-9,22-23H,2,10H2,1H3,(H,19,20). The minimum atomic E-state index is -0.260.